The molecule has 1 N–H and O–H groups in total. The topological polar surface area (TPSA) is 46.9 Å². The van der Waals surface area contributed by atoms with Crippen LogP contribution >= 0.6 is 0 Å². The number of rotatable bonds is 5. The molecule has 4 nitrogen and oxygen atoms in total. The Labute approximate surface area is 141 Å². The SMILES string of the molecule is Cn1nccc1CNC(=O)/C(=C\c1ccccc1)c1ccccc1. The number of nitrogens with zero attached hydrogens (tertiary/aromatic N) is 2. The molecule has 3 rings (SSSR count). The smallest absolute Gasteiger partial charge is 0.252 e. The van der Waals surface area contributed by atoms with Crippen LogP contribution in [0.5, 0.6) is 0 Å². The van der Waals surface area contributed by atoms with Crippen LogP contribution < -0.4 is 5.32 Å². The molecular weight excluding hydrogens is 298 g/mol. The summed E-state index contributed by atoms with van der Waals surface area (Å²) < 4.78 is 1.75. The van der Waals surface area contributed by atoms with E-state index in [1.165, 1.54) is 0 Å². The minimum atomic E-state index is -0.105. The maximum absolute atomic E-state index is 12.7. The average Bonchev–Trinajstić information content (AvgIpc) is 3.04. The number of carbonyl (C=O) groups excluding carboxylic acids is 1. The fraction of sp³-hybridized carbons (Fsp3) is 0.100. The first-order valence-corrected chi connectivity index (χ1v) is 7.81. The number of hydrogen-bond donors (Lipinski definition) is 1. The van der Waals surface area contributed by atoms with Crippen molar-refractivity contribution in [2.24, 2.45) is 7.05 Å². The molecule has 1 heterocycles. The maximum atomic E-state index is 12.7. The standard InChI is InChI=1S/C20H19N3O/c1-23-18(12-13-22-23)15-21-20(24)19(17-10-6-3-7-11-17)14-16-8-4-2-5-9-16/h2-14H,15H2,1H3,(H,21,24)/b19-14-. The van der Waals surface area contributed by atoms with Crippen molar-refractivity contribution in [2.75, 3.05) is 0 Å². The molecule has 0 saturated carbocycles. The van der Waals surface area contributed by atoms with Crippen molar-refractivity contribution >= 4 is 17.6 Å². The molecule has 0 aliphatic rings. The van der Waals surface area contributed by atoms with Crippen LogP contribution in [0.15, 0.2) is 72.9 Å². The first kappa shape index (κ1) is 15.7. The van der Waals surface area contributed by atoms with Gasteiger partial charge in [0.1, 0.15) is 0 Å². The second-order valence-corrected chi connectivity index (χ2v) is 5.46. The summed E-state index contributed by atoms with van der Waals surface area (Å²) >= 11 is 0. The number of amides is 1. The molecule has 0 aliphatic carbocycles. The number of aryl methyl sites for hydroxylation is 1. The van der Waals surface area contributed by atoms with E-state index in [2.05, 4.69) is 10.4 Å². The number of aromatic nitrogens is 2. The summed E-state index contributed by atoms with van der Waals surface area (Å²) in [4.78, 5) is 12.7. The van der Waals surface area contributed by atoms with Crippen LogP contribution in [0.4, 0.5) is 0 Å². The lowest BCUT2D eigenvalue weighted by Gasteiger charge is -2.10. The van der Waals surface area contributed by atoms with Gasteiger partial charge in [-0.3, -0.25) is 9.48 Å². The Kier molecular flexibility index (Phi) is 4.87. The van der Waals surface area contributed by atoms with Gasteiger partial charge < -0.3 is 5.32 Å². The lowest BCUT2D eigenvalue weighted by molar-refractivity contribution is -0.115. The number of benzene rings is 2. The number of hydrogen-bond acceptors (Lipinski definition) is 2. The summed E-state index contributed by atoms with van der Waals surface area (Å²) in [7, 11) is 1.86. The van der Waals surface area contributed by atoms with E-state index in [0.29, 0.717) is 12.1 Å². The Morgan fingerprint density at radius 2 is 1.71 bits per heavy atom. The van der Waals surface area contributed by atoms with Crippen molar-refractivity contribution in [2.45, 2.75) is 6.54 Å². The molecule has 120 valence electrons. The van der Waals surface area contributed by atoms with Crippen molar-refractivity contribution in [3.05, 3.63) is 89.7 Å². The van der Waals surface area contributed by atoms with Crippen LogP contribution in [-0.2, 0) is 18.4 Å². The molecule has 0 spiro atoms. The minimum absolute atomic E-state index is 0.105. The summed E-state index contributed by atoms with van der Waals surface area (Å²) in [6.07, 6.45) is 3.63. The van der Waals surface area contributed by atoms with Crippen molar-refractivity contribution in [1.29, 1.82) is 0 Å². The van der Waals surface area contributed by atoms with E-state index < -0.39 is 0 Å². The van der Waals surface area contributed by atoms with Crippen molar-refractivity contribution in [1.82, 2.24) is 15.1 Å². The second kappa shape index (κ2) is 7.42. The Morgan fingerprint density at radius 1 is 1.04 bits per heavy atom. The summed E-state index contributed by atoms with van der Waals surface area (Å²) in [6.45, 7) is 0.439. The van der Waals surface area contributed by atoms with E-state index in [0.717, 1.165) is 16.8 Å². The van der Waals surface area contributed by atoms with E-state index in [1.54, 1.807) is 10.9 Å². The zero-order chi connectivity index (χ0) is 16.8. The van der Waals surface area contributed by atoms with Crippen LogP contribution in [-0.4, -0.2) is 15.7 Å². The third kappa shape index (κ3) is 3.79. The van der Waals surface area contributed by atoms with Gasteiger partial charge in [-0.05, 0) is 23.3 Å². The highest BCUT2D eigenvalue weighted by molar-refractivity contribution is 6.24. The zero-order valence-corrected chi connectivity index (χ0v) is 13.5. The van der Waals surface area contributed by atoms with Crippen molar-refractivity contribution in [3.63, 3.8) is 0 Å². The van der Waals surface area contributed by atoms with E-state index in [4.69, 9.17) is 0 Å². The predicted molar refractivity (Wildman–Crippen MR) is 95.8 cm³/mol. The zero-order valence-electron chi connectivity index (χ0n) is 13.5. The van der Waals surface area contributed by atoms with Gasteiger partial charge in [0.2, 0.25) is 0 Å². The molecule has 3 aromatic rings. The third-order valence-electron chi connectivity index (χ3n) is 3.79. The van der Waals surface area contributed by atoms with Gasteiger partial charge in [-0.2, -0.15) is 5.10 Å². The van der Waals surface area contributed by atoms with Gasteiger partial charge in [-0.1, -0.05) is 60.7 Å². The highest BCUT2D eigenvalue weighted by Gasteiger charge is 2.12. The van der Waals surface area contributed by atoms with Crippen LogP contribution in [0.3, 0.4) is 0 Å². The number of nitrogens with one attached hydrogen (secondary N) is 1. The average molecular weight is 317 g/mol. The Bertz CT molecular complexity index is 836. The third-order valence-corrected chi connectivity index (χ3v) is 3.79. The van der Waals surface area contributed by atoms with Crippen molar-refractivity contribution < 1.29 is 4.79 Å². The lowest BCUT2D eigenvalue weighted by Crippen LogP contribution is -2.25. The minimum Gasteiger partial charge on any atom is -0.346 e. The van der Waals surface area contributed by atoms with Gasteiger partial charge in [-0.15, -0.1) is 0 Å². The summed E-state index contributed by atoms with van der Waals surface area (Å²) in [5, 5.41) is 7.09. The first-order valence-electron chi connectivity index (χ1n) is 7.81. The predicted octanol–water partition coefficient (Wildman–Crippen LogP) is 3.28. The molecule has 0 saturated heterocycles. The van der Waals surface area contributed by atoms with Gasteiger partial charge in [0.25, 0.3) is 5.91 Å². The molecule has 0 radical (unpaired) electrons. The molecule has 2 aromatic carbocycles. The van der Waals surface area contributed by atoms with Crippen molar-refractivity contribution in [3.8, 4) is 0 Å². The fourth-order valence-electron chi connectivity index (χ4n) is 2.45. The van der Waals surface area contributed by atoms with E-state index in [-0.39, 0.29) is 5.91 Å². The number of carbonyl (C=O) groups is 1. The molecule has 0 bridgehead atoms. The Hall–Kier alpha value is -3.14. The Balaban J connectivity index is 1.86. The summed E-state index contributed by atoms with van der Waals surface area (Å²) in [5.74, 6) is -0.105. The van der Waals surface area contributed by atoms with Crippen LogP contribution in [0, 0.1) is 0 Å². The Morgan fingerprint density at radius 3 is 2.33 bits per heavy atom. The normalized spacial score (nSPS) is 11.3. The summed E-state index contributed by atoms with van der Waals surface area (Å²) in [5.41, 5.74) is 3.48. The quantitative estimate of drug-likeness (QED) is 0.580. The lowest BCUT2D eigenvalue weighted by atomic mass is 10.0. The molecule has 0 fully saturated rings. The van der Waals surface area contributed by atoms with Crippen LogP contribution in [0.25, 0.3) is 11.6 Å². The summed E-state index contributed by atoms with van der Waals surface area (Å²) in [6, 6.07) is 21.4. The van der Waals surface area contributed by atoms with Gasteiger partial charge in [0.15, 0.2) is 0 Å². The second-order valence-electron chi connectivity index (χ2n) is 5.46. The van der Waals surface area contributed by atoms with E-state index >= 15 is 0 Å². The largest absolute Gasteiger partial charge is 0.346 e. The monoisotopic (exact) mass is 317 g/mol. The first-order chi connectivity index (χ1) is 11.7. The van der Waals surface area contributed by atoms with Gasteiger partial charge in [0, 0.05) is 18.8 Å². The molecule has 24 heavy (non-hydrogen) atoms. The molecule has 0 atom stereocenters. The van der Waals surface area contributed by atoms with E-state index in [9.17, 15) is 4.79 Å². The van der Waals surface area contributed by atoms with E-state index in [1.807, 2.05) is 79.9 Å². The fourth-order valence-corrected chi connectivity index (χ4v) is 2.45. The van der Waals surface area contributed by atoms with Crippen LogP contribution in [0.1, 0.15) is 16.8 Å². The highest BCUT2D eigenvalue weighted by Crippen LogP contribution is 2.18. The van der Waals surface area contributed by atoms with Gasteiger partial charge >= 0.3 is 0 Å². The van der Waals surface area contributed by atoms with Gasteiger partial charge in [0.05, 0.1) is 12.2 Å². The molecule has 4 heteroatoms. The molecule has 1 aromatic heterocycles. The molecule has 0 aliphatic heterocycles. The highest BCUT2D eigenvalue weighted by atomic mass is 16.1. The van der Waals surface area contributed by atoms with Crippen LogP contribution in [0.2, 0.25) is 0 Å². The molecule has 1 amide bonds. The molecule has 0 unspecified atom stereocenters. The molecular formula is C20H19N3O. The maximum Gasteiger partial charge on any atom is 0.252 e. The van der Waals surface area contributed by atoms with Gasteiger partial charge in [-0.25, -0.2) is 0 Å².